The molecular weight excluding hydrogens is 158 g/mol. The van der Waals surface area contributed by atoms with Crippen LogP contribution in [0.3, 0.4) is 0 Å². The first-order chi connectivity index (χ1) is 5.11. The minimum Gasteiger partial charge on any atom is -0.252 e. The van der Waals surface area contributed by atoms with Gasteiger partial charge in [0.05, 0.1) is 10.7 Å². The van der Waals surface area contributed by atoms with Gasteiger partial charge in [0.2, 0.25) is 0 Å². The van der Waals surface area contributed by atoms with Crippen LogP contribution in [0.4, 0.5) is 0 Å². The van der Waals surface area contributed by atoms with Crippen molar-refractivity contribution in [2.75, 3.05) is 0 Å². The number of nitrogens with zero attached hydrogens (tertiary/aromatic N) is 1. The fourth-order valence-corrected chi connectivity index (χ4v) is 1.11. The largest absolute Gasteiger partial charge is 0.252 e. The Kier molecular flexibility index (Phi) is 2.30. The summed E-state index contributed by atoms with van der Waals surface area (Å²) in [7, 11) is 0. The quantitative estimate of drug-likeness (QED) is 0.627. The van der Waals surface area contributed by atoms with Gasteiger partial charge in [0.25, 0.3) is 0 Å². The van der Waals surface area contributed by atoms with E-state index in [0.29, 0.717) is 5.02 Å². The summed E-state index contributed by atoms with van der Waals surface area (Å²) in [4.78, 5) is 4.24. The van der Waals surface area contributed by atoms with Gasteiger partial charge in [0, 0.05) is 5.69 Å². The highest BCUT2D eigenvalue weighted by Gasteiger charge is 2.01. The van der Waals surface area contributed by atoms with Crippen molar-refractivity contribution in [1.29, 1.82) is 0 Å². The summed E-state index contributed by atoms with van der Waals surface area (Å²) < 4.78 is 0. The van der Waals surface area contributed by atoms with Crippen LogP contribution in [0.1, 0.15) is 18.3 Å². The van der Waals surface area contributed by atoms with E-state index in [9.17, 15) is 0 Å². The second-order valence-electron chi connectivity index (χ2n) is 2.56. The number of pyridine rings is 1. The van der Waals surface area contributed by atoms with Gasteiger partial charge in [-0.3, -0.25) is 4.98 Å². The number of rotatable bonds is 1. The number of hydrogen-bond donors (Lipinski definition) is 0. The highest BCUT2D eigenvalue weighted by Crippen LogP contribution is 2.19. The lowest BCUT2D eigenvalue weighted by Crippen LogP contribution is -1.89. The zero-order valence-electron chi connectivity index (χ0n) is 6.69. The molecule has 0 fully saturated rings. The van der Waals surface area contributed by atoms with Crippen molar-refractivity contribution in [3.63, 3.8) is 0 Å². The molecule has 1 aromatic rings. The first-order valence-electron chi connectivity index (χ1n) is 3.40. The van der Waals surface area contributed by atoms with Crippen LogP contribution in [-0.2, 0) is 0 Å². The molecule has 0 unspecified atom stereocenters. The molecule has 0 saturated carbocycles. The van der Waals surface area contributed by atoms with E-state index in [-0.39, 0.29) is 0 Å². The van der Waals surface area contributed by atoms with E-state index in [1.807, 2.05) is 26.0 Å². The fraction of sp³-hybridized carbons (Fsp3) is 0.222. The Morgan fingerprint density at radius 2 is 2.18 bits per heavy atom. The van der Waals surface area contributed by atoms with Gasteiger partial charge in [-0.1, -0.05) is 18.2 Å². The molecule has 0 atom stereocenters. The molecule has 1 aromatic heterocycles. The molecule has 0 aliphatic rings. The van der Waals surface area contributed by atoms with E-state index in [4.69, 9.17) is 11.6 Å². The maximum atomic E-state index is 5.87. The molecule has 1 nitrogen and oxygen atoms in total. The molecule has 0 N–H and O–H groups in total. The fourth-order valence-electron chi connectivity index (χ4n) is 0.839. The summed E-state index contributed by atoms with van der Waals surface area (Å²) in [6.07, 6.45) is 0. The summed E-state index contributed by atoms with van der Waals surface area (Å²) in [6, 6.07) is 3.72. The van der Waals surface area contributed by atoms with Crippen LogP contribution in [-0.4, -0.2) is 4.98 Å². The molecule has 0 spiro atoms. The van der Waals surface area contributed by atoms with Crippen LogP contribution < -0.4 is 0 Å². The summed E-state index contributed by atoms with van der Waals surface area (Å²) in [5, 5.41) is 0.670. The normalized spacial score (nSPS) is 9.73. The van der Waals surface area contributed by atoms with Gasteiger partial charge < -0.3 is 0 Å². The molecular formula is C9H10ClN. The number of halogens is 1. The second-order valence-corrected chi connectivity index (χ2v) is 2.97. The topological polar surface area (TPSA) is 12.9 Å². The molecule has 0 aliphatic carbocycles. The SMILES string of the molecule is C=C(C)c1nc(C)ccc1Cl. The summed E-state index contributed by atoms with van der Waals surface area (Å²) in [5.41, 5.74) is 2.66. The number of aromatic nitrogens is 1. The van der Waals surface area contributed by atoms with Gasteiger partial charge in [-0.05, 0) is 31.6 Å². The van der Waals surface area contributed by atoms with Crippen LogP contribution in [0.25, 0.3) is 5.57 Å². The maximum Gasteiger partial charge on any atom is 0.0842 e. The highest BCUT2D eigenvalue weighted by molar-refractivity contribution is 6.32. The zero-order chi connectivity index (χ0) is 8.43. The Morgan fingerprint density at radius 1 is 1.55 bits per heavy atom. The van der Waals surface area contributed by atoms with E-state index in [1.165, 1.54) is 0 Å². The molecule has 0 saturated heterocycles. The minimum absolute atomic E-state index is 0.670. The van der Waals surface area contributed by atoms with Crippen molar-refractivity contribution in [2.45, 2.75) is 13.8 Å². The monoisotopic (exact) mass is 167 g/mol. The minimum atomic E-state index is 0.670. The average Bonchev–Trinajstić information content (AvgIpc) is 1.94. The standard InChI is InChI=1S/C9H10ClN/c1-6(2)9-8(10)5-4-7(3)11-9/h4-5H,1H2,2-3H3. The predicted molar refractivity (Wildman–Crippen MR) is 48.7 cm³/mol. The van der Waals surface area contributed by atoms with Crippen LogP contribution in [0.2, 0.25) is 5.02 Å². The lowest BCUT2D eigenvalue weighted by atomic mass is 10.2. The van der Waals surface area contributed by atoms with Gasteiger partial charge in [-0.25, -0.2) is 0 Å². The van der Waals surface area contributed by atoms with Crippen molar-refractivity contribution in [3.8, 4) is 0 Å². The lowest BCUT2D eigenvalue weighted by molar-refractivity contribution is 1.17. The maximum absolute atomic E-state index is 5.87. The van der Waals surface area contributed by atoms with E-state index in [2.05, 4.69) is 11.6 Å². The Hall–Kier alpha value is -0.820. The molecule has 1 rings (SSSR count). The molecule has 11 heavy (non-hydrogen) atoms. The van der Waals surface area contributed by atoms with Crippen molar-refractivity contribution in [3.05, 3.63) is 35.1 Å². The molecule has 0 aromatic carbocycles. The van der Waals surface area contributed by atoms with Crippen LogP contribution >= 0.6 is 11.6 Å². The van der Waals surface area contributed by atoms with Crippen LogP contribution in [0.5, 0.6) is 0 Å². The van der Waals surface area contributed by atoms with Gasteiger partial charge in [0.1, 0.15) is 0 Å². The third-order valence-electron chi connectivity index (χ3n) is 1.39. The Balaban J connectivity index is 3.23. The predicted octanol–water partition coefficient (Wildman–Crippen LogP) is 3.08. The first-order valence-corrected chi connectivity index (χ1v) is 3.78. The lowest BCUT2D eigenvalue weighted by Gasteiger charge is -2.02. The van der Waals surface area contributed by atoms with E-state index in [1.54, 1.807) is 0 Å². The molecule has 0 bridgehead atoms. The summed E-state index contributed by atoms with van der Waals surface area (Å²) in [5.74, 6) is 0. The van der Waals surface area contributed by atoms with Crippen molar-refractivity contribution < 1.29 is 0 Å². The third kappa shape index (κ3) is 1.81. The molecule has 1 heterocycles. The third-order valence-corrected chi connectivity index (χ3v) is 1.69. The van der Waals surface area contributed by atoms with Crippen LogP contribution in [0.15, 0.2) is 18.7 Å². The van der Waals surface area contributed by atoms with E-state index < -0.39 is 0 Å². The summed E-state index contributed by atoms with van der Waals surface area (Å²) >= 11 is 5.87. The van der Waals surface area contributed by atoms with E-state index in [0.717, 1.165) is 17.0 Å². The number of allylic oxidation sites excluding steroid dienone is 1. The Morgan fingerprint density at radius 3 is 2.64 bits per heavy atom. The molecule has 0 aliphatic heterocycles. The van der Waals surface area contributed by atoms with Crippen molar-refractivity contribution >= 4 is 17.2 Å². The van der Waals surface area contributed by atoms with Gasteiger partial charge in [0.15, 0.2) is 0 Å². The number of hydrogen-bond acceptors (Lipinski definition) is 1. The highest BCUT2D eigenvalue weighted by atomic mass is 35.5. The van der Waals surface area contributed by atoms with Crippen LogP contribution in [0, 0.1) is 6.92 Å². The summed E-state index contributed by atoms with van der Waals surface area (Å²) in [6.45, 7) is 7.61. The Labute approximate surface area is 71.7 Å². The number of aryl methyl sites for hydroxylation is 1. The molecule has 2 heteroatoms. The van der Waals surface area contributed by atoms with Gasteiger partial charge in [-0.15, -0.1) is 0 Å². The van der Waals surface area contributed by atoms with Crippen molar-refractivity contribution in [1.82, 2.24) is 4.98 Å². The van der Waals surface area contributed by atoms with Gasteiger partial charge in [-0.2, -0.15) is 0 Å². The van der Waals surface area contributed by atoms with E-state index >= 15 is 0 Å². The van der Waals surface area contributed by atoms with Gasteiger partial charge >= 0.3 is 0 Å². The molecule has 0 amide bonds. The van der Waals surface area contributed by atoms with Crippen molar-refractivity contribution in [2.24, 2.45) is 0 Å². The zero-order valence-corrected chi connectivity index (χ0v) is 7.44. The first kappa shape index (κ1) is 8.28. The molecule has 0 radical (unpaired) electrons. The average molecular weight is 168 g/mol. The second kappa shape index (κ2) is 3.05. The molecule has 58 valence electrons. The Bertz CT molecular complexity index is 292. The smallest absolute Gasteiger partial charge is 0.0842 e.